The van der Waals surface area contributed by atoms with Crippen molar-refractivity contribution in [3.8, 4) is 0 Å². The van der Waals surface area contributed by atoms with E-state index in [1.807, 2.05) is 0 Å². The zero-order valence-corrected chi connectivity index (χ0v) is 12.0. The number of nitrogens with one attached hydrogen (secondary N) is 2. The Kier molecular flexibility index (Phi) is 7.15. The van der Waals surface area contributed by atoms with E-state index >= 15 is 0 Å². The van der Waals surface area contributed by atoms with Crippen molar-refractivity contribution in [1.29, 1.82) is 0 Å². The lowest BCUT2D eigenvalue weighted by atomic mass is 9.81. The second kappa shape index (κ2) is 8.10. The molecule has 114 valence electrons. The van der Waals surface area contributed by atoms with Gasteiger partial charge in [-0.1, -0.05) is 20.3 Å². The molecule has 0 aromatic rings. The topological polar surface area (TPSA) is 24.1 Å². The fraction of sp³-hybridized carbons (Fsp3) is 1.00. The highest BCUT2D eigenvalue weighted by atomic mass is 19.4. The Balaban J connectivity index is 2.09. The molecule has 1 rings (SSSR count). The number of rotatable bonds is 7. The van der Waals surface area contributed by atoms with Gasteiger partial charge in [-0.15, -0.1) is 0 Å². The van der Waals surface area contributed by atoms with E-state index in [0.29, 0.717) is 25.3 Å². The molecule has 5 heteroatoms. The first kappa shape index (κ1) is 16.8. The van der Waals surface area contributed by atoms with Crippen LogP contribution < -0.4 is 10.6 Å². The van der Waals surface area contributed by atoms with Crippen LogP contribution in [-0.2, 0) is 0 Å². The van der Waals surface area contributed by atoms with Crippen LogP contribution in [0.25, 0.3) is 0 Å². The van der Waals surface area contributed by atoms with Gasteiger partial charge in [0.1, 0.15) is 0 Å². The minimum absolute atomic E-state index is 0.193. The third kappa shape index (κ3) is 7.16. The van der Waals surface area contributed by atoms with Gasteiger partial charge in [-0.2, -0.15) is 13.2 Å². The molecule has 19 heavy (non-hydrogen) atoms. The quantitative estimate of drug-likeness (QED) is 0.699. The first-order chi connectivity index (χ1) is 8.89. The lowest BCUT2D eigenvalue weighted by Crippen LogP contribution is -2.34. The van der Waals surface area contributed by atoms with Crippen molar-refractivity contribution in [2.45, 2.75) is 58.2 Å². The van der Waals surface area contributed by atoms with Gasteiger partial charge in [0.25, 0.3) is 0 Å². The molecule has 0 bridgehead atoms. The Morgan fingerprint density at radius 2 is 1.89 bits per heavy atom. The number of alkyl halides is 3. The maximum absolute atomic E-state index is 12.7. The van der Waals surface area contributed by atoms with Crippen LogP contribution >= 0.6 is 0 Å². The molecule has 2 nitrogen and oxygen atoms in total. The van der Waals surface area contributed by atoms with Gasteiger partial charge in [0.15, 0.2) is 0 Å². The molecule has 2 unspecified atom stereocenters. The zero-order valence-electron chi connectivity index (χ0n) is 12.0. The van der Waals surface area contributed by atoms with Gasteiger partial charge in [0, 0.05) is 6.04 Å². The highest BCUT2D eigenvalue weighted by Gasteiger charge is 2.41. The van der Waals surface area contributed by atoms with Crippen LogP contribution in [0.15, 0.2) is 0 Å². The minimum Gasteiger partial charge on any atom is -0.316 e. The highest BCUT2D eigenvalue weighted by Crippen LogP contribution is 2.39. The first-order valence-corrected chi connectivity index (χ1v) is 7.40. The van der Waals surface area contributed by atoms with Crippen molar-refractivity contribution in [3.05, 3.63) is 0 Å². The molecule has 0 amide bonds. The summed E-state index contributed by atoms with van der Waals surface area (Å²) < 4.78 is 38.0. The summed E-state index contributed by atoms with van der Waals surface area (Å²) in [5, 5.41) is 6.62. The van der Waals surface area contributed by atoms with Gasteiger partial charge in [-0.3, -0.25) is 0 Å². The molecule has 1 aliphatic rings. The van der Waals surface area contributed by atoms with E-state index < -0.39 is 12.1 Å². The predicted molar refractivity (Wildman–Crippen MR) is 72.1 cm³/mol. The lowest BCUT2D eigenvalue weighted by Gasteiger charge is -2.30. The van der Waals surface area contributed by atoms with Crippen LogP contribution in [0.5, 0.6) is 0 Å². The van der Waals surface area contributed by atoms with E-state index in [4.69, 9.17) is 0 Å². The maximum Gasteiger partial charge on any atom is 0.391 e. The molecule has 0 radical (unpaired) electrons. The molecule has 2 atom stereocenters. The fourth-order valence-corrected chi connectivity index (χ4v) is 2.68. The summed E-state index contributed by atoms with van der Waals surface area (Å²) in [6.45, 7) is 6.78. The van der Waals surface area contributed by atoms with Crippen LogP contribution in [-0.4, -0.2) is 31.9 Å². The zero-order chi connectivity index (χ0) is 14.3. The molecule has 0 heterocycles. The molecule has 0 saturated heterocycles. The van der Waals surface area contributed by atoms with Crippen LogP contribution in [0, 0.1) is 11.8 Å². The summed E-state index contributed by atoms with van der Waals surface area (Å²) in [7, 11) is 0. The molecule has 1 aliphatic carbocycles. The molecule has 0 aliphatic heterocycles. The molecule has 1 fully saturated rings. The van der Waals surface area contributed by atoms with Crippen molar-refractivity contribution in [2.24, 2.45) is 11.8 Å². The van der Waals surface area contributed by atoms with Crippen LogP contribution in [0.2, 0.25) is 0 Å². The monoisotopic (exact) mass is 280 g/mol. The smallest absolute Gasteiger partial charge is 0.316 e. The Morgan fingerprint density at radius 3 is 2.53 bits per heavy atom. The molecule has 0 aromatic carbocycles. The van der Waals surface area contributed by atoms with Crippen molar-refractivity contribution >= 4 is 0 Å². The van der Waals surface area contributed by atoms with Gasteiger partial charge < -0.3 is 10.6 Å². The van der Waals surface area contributed by atoms with Crippen molar-refractivity contribution in [1.82, 2.24) is 10.6 Å². The third-order valence-electron chi connectivity index (χ3n) is 3.76. The minimum atomic E-state index is -4.00. The SMILES string of the molecule is CC(C)NCCCNCC1CCCC(C(F)(F)F)C1. The maximum atomic E-state index is 12.7. The predicted octanol–water partition coefficient (Wildman–Crippen LogP) is 3.33. The summed E-state index contributed by atoms with van der Waals surface area (Å²) in [5.74, 6) is -0.880. The standard InChI is InChI=1S/C14H27F3N2/c1-11(2)19-8-4-7-18-10-12-5-3-6-13(9-12)14(15,16)17/h11-13,18-19H,3-10H2,1-2H3. The van der Waals surface area contributed by atoms with Crippen molar-refractivity contribution in [3.63, 3.8) is 0 Å². The summed E-state index contributed by atoms with van der Waals surface area (Å²) in [4.78, 5) is 0. The Morgan fingerprint density at radius 1 is 1.16 bits per heavy atom. The van der Waals surface area contributed by atoms with E-state index in [0.717, 1.165) is 32.5 Å². The Labute approximate surface area is 114 Å². The molecule has 2 N–H and O–H groups in total. The lowest BCUT2D eigenvalue weighted by molar-refractivity contribution is -0.185. The highest BCUT2D eigenvalue weighted by molar-refractivity contribution is 4.79. The fourth-order valence-electron chi connectivity index (χ4n) is 2.68. The van der Waals surface area contributed by atoms with E-state index in [2.05, 4.69) is 24.5 Å². The van der Waals surface area contributed by atoms with Gasteiger partial charge in [0.05, 0.1) is 5.92 Å². The molecule has 1 saturated carbocycles. The van der Waals surface area contributed by atoms with E-state index in [9.17, 15) is 13.2 Å². The molecule has 0 spiro atoms. The Hall–Kier alpha value is -0.290. The first-order valence-electron chi connectivity index (χ1n) is 7.40. The van der Waals surface area contributed by atoms with Crippen molar-refractivity contribution < 1.29 is 13.2 Å². The second-order valence-electron chi connectivity index (χ2n) is 5.94. The summed E-state index contributed by atoms with van der Waals surface area (Å²) in [5.41, 5.74) is 0. The summed E-state index contributed by atoms with van der Waals surface area (Å²) >= 11 is 0. The summed E-state index contributed by atoms with van der Waals surface area (Å²) in [6, 6.07) is 0.492. The third-order valence-corrected chi connectivity index (χ3v) is 3.76. The van der Waals surface area contributed by atoms with Gasteiger partial charge >= 0.3 is 6.18 Å². The largest absolute Gasteiger partial charge is 0.391 e. The second-order valence-corrected chi connectivity index (χ2v) is 5.94. The molecular formula is C14H27F3N2. The molecule has 0 aromatic heterocycles. The van der Waals surface area contributed by atoms with Crippen molar-refractivity contribution in [2.75, 3.05) is 19.6 Å². The van der Waals surface area contributed by atoms with Gasteiger partial charge in [-0.25, -0.2) is 0 Å². The van der Waals surface area contributed by atoms with E-state index in [-0.39, 0.29) is 5.92 Å². The average Bonchev–Trinajstić information content (AvgIpc) is 2.32. The van der Waals surface area contributed by atoms with Crippen LogP contribution in [0.1, 0.15) is 46.0 Å². The van der Waals surface area contributed by atoms with E-state index in [1.54, 1.807) is 0 Å². The average molecular weight is 280 g/mol. The normalized spacial score (nSPS) is 24.9. The number of halogens is 3. The number of hydrogen-bond acceptors (Lipinski definition) is 2. The van der Waals surface area contributed by atoms with Gasteiger partial charge in [0.2, 0.25) is 0 Å². The van der Waals surface area contributed by atoms with E-state index in [1.165, 1.54) is 0 Å². The number of hydrogen-bond donors (Lipinski definition) is 2. The summed E-state index contributed by atoms with van der Waals surface area (Å²) in [6.07, 6.45) is -0.707. The van der Waals surface area contributed by atoms with Gasteiger partial charge in [-0.05, 0) is 51.2 Å². The Bertz CT molecular complexity index is 241. The molecular weight excluding hydrogens is 253 g/mol. The van der Waals surface area contributed by atoms with Crippen LogP contribution in [0.4, 0.5) is 13.2 Å². The van der Waals surface area contributed by atoms with Crippen LogP contribution in [0.3, 0.4) is 0 Å².